The van der Waals surface area contributed by atoms with Gasteiger partial charge in [-0.1, -0.05) is 27.5 Å². The van der Waals surface area contributed by atoms with E-state index in [9.17, 15) is 9.59 Å². The number of anilines is 1. The first-order valence-corrected chi connectivity index (χ1v) is 8.36. The molecule has 0 bridgehead atoms. The van der Waals surface area contributed by atoms with E-state index in [2.05, 4.69) is 21.2 Å². The summed E-state index contributed by atoms with van der Waals surface area (Å²) in [4.78, 5) is 24.7. The highest BCUT2D eigenvalue weighted by molar-refractivity contribution is 9.10. The van der Waals surface area contributed by atoms with Crippen molar-refractivity contribution in [1.82, 2.24) is 0 Å². The molecule has 0 fully saturated rings. The number of halogens is 2. The second-order valence-corrected chi connectivity index (χ2v) is 6.52. The number of rotatable bonds is 4. The second-order valence-electron chi connectivity index (χ2n) is 5.17. The van der Waals surface area contributed by atoms with Crippen molar-refractivity contribution in [1.29, 1.82) is 5.26 Å². The molecule has 3 aromatic rings. The number of nitrogens with one attached hydrogen (secondary N) is 1. The molecule has 1 aromatic heterocycles. The van der Waals surface area contributed by atoms with E-state index < -0.39 is 11.7 Å². The molecule has 0 aliphatic heterocycles. The van der Waals surface area contributed by atoms with Crippen molar-refractivity contribution in [2.45, 2.75) is 6.42 Å². The Morgan fingerprint density at radius 2 is 1.92 bits per heavy atom. The summed E-state index contributed by atoms with van der Waals surface area (Å²) in [5.74, 6) is -0.909. The van der Waals surface area contributed by atoms with Crippen molar-refractivity contribution < 1.29 is 14.0 Å². The number of nitriles is 1. The van der Waals surface area contributed by atoms with Crippen LogP contribution in [-0.2, 0) is 4.79 Å². The lowest BCUT2D eigenvalue weighted by Crippen LogP contribution is -2.13. The normalized spacial score (nSPS) is 10.4. The van der Waals surface area contributed by atoms with Gasteiger partial charge >= 0.3 is 0 Å². The average Bonchev–Trinajstić information content (AvgIpc) is 2.93. The van der Waals surface area contributed by atoms with Crippen LogP contribution >= 0.6 is 27.5 Å². The Morgan fingerprint density at radius 1 is 1.20 bits per heavy atom. The Morgan fingerprint density at radius 3 is 2.60 bits per heavy atom. The van der Waals surface area contributed by atoms with Crippen LogP contribution in [0.4, 0.5) is 5.69 Å². The third kappa shape index (κ3) is 3.58. The molecule has 124 valence electrons. The fraction of sp³-hybridized carbons (Fsp3) is 0.0556. The van der Waals surface area contributed by atoms with Crippen LogP contribution in [0.2, 0.25) is 5.02 Å². The van der Waals surface area contributed by atoms with Crippen molar-refractivity contribution >= 4 is 55.9 Å². The summed E-state index contributed by atoms with van der Waals surface area (Å²) >= 11 is 9.21. The zero-order valence-electron chi connectivity index (χ0n) is 12.7. The summed E-state index contributed by atoms with van der Waals surface area (Å²) in [5, 5.41) is 12.4. The van der Waals surface area contributed by atoms with Crippen molar-refractivity contribution in [3.05, 3.63) is 63.3 Å². The molecule has 3 rings (SSSR count). The number of carbonyl (C=O) groups excluding carboxylic acids is 2. The molecule has 0 unspecified atom stereocenters. The van der Waals surface area contributed by atoms with E-state index in [1.165, 1.54) is 0 Å². The summed E-state index contributed by atoms with van der Waals surface area (Å²) in [7, 11) is 0. The Labute approximate surface area is 156 Å². The van der Waals surface area contributed by atoms with E-state index in [4.69, 9.17) is 21.3 Å². The molecule has 0 saturated heterocycles. The summed E-state index contributed by atoms with van der Waals surface area (Å²) in [6.45, 7) is 0. The average molecular weight is 418 g/mol. The van der Waals surface area contributed by atoms with Gasteiger partial charge in [0.2, 0.25) is 11.7 Å². The molecule has 0 aliphatic carbocycles. The summed E-state index contributed by atoms with van der Waals surface area (Å²) < 4.78 is 6.44. The van der Waals surface area contributed by atoms with Crippen LogP contribution in [0.5, 0.6) is 0 Å². The number of amides is 1. The van der Waals surface area contributed by atoms with Gasteiger partial charge in [-0.25, -0.2) is 0 Å². The topological polar surface area (TPSA) is 83.1 Å². The summed E-state index contributed by atoms with van der Waals surface area (Å²) in [6.07, 6.45) is -0.324. The van der Waals surface area contributed by atoms with Gasteiger partial charge in [-0.15, -0.1) is 0 Å². The molecule has 1 N–H and O–H groups in total. The molecule has 0 saturated carbocycles. The molecule has 2 aromatic carbocycles. The predicted molar refractivity (Wildman–Crippen MR) is 97.7 cm³/mol. The van der Waals surface area contributed by atoms with Crippen LogP contribution in [-0.4, -0.2) is 11.7 Å². The van der Waals surface area contributed by atoms with Gasteiger partial charge in [-0.2, -0.15) is 5.26 Å². The van der Waals surface area contributed by atoms with E-state index >= 15 is 0 Å². The molecule has 1 heterocycles. The minimum Gasteiger partial charge on any atom is -0.450 e. The predicted octanol–water partition coefficient (Wildman–Crippen LogP) is 4.93. The smallest absolute Gasteiger partial charge is 0.238 e. The van der Waals surface area contributed by atoms with Gasteiger partial charge in [-0.05, 0) is 42.5 Å². The number of benzene rings is 2. The van der Waals surface area contributed by atoms with Gasteiger partial charge in [0.25, 0.3) is 0 Å². The highest BCUT2D eigenvalue weighted by Crippen LogP contribution is 2.34. The SMILES string of the molecule is N#CCC(=O)Nc1c(C(=O)c2ccc(Cl)cc2)oc2ccc(Br)cc12. The van der Waals surface area contributed by atoms with Crippen molar-refractivity contribution in [3.8, 4) is 6.07 Å². The summed E-state index contributed by atoms with van der Waals surface area (Å²) in [6, 6.07) is 13.3. The van der Waals surface area contributed by atoms with Gasteiger partial charge < -0.3 is 9.73 Å². The Bertz CT molecular complexity index is 1020. The lowest BCUT2D eigenvalue weighted by atomic mass is 10.1. The molecule has 0 spiro atoms. The molecule has 7 heteroatoms. The van der Waals surface area contributed by atoms with Crippen molar-refractivity contribution in [2.24, 2.45) is 0 Å². The van der Waals surface area contributed by atoms with Crippen molar-refractivity contribution in [2.75, 3.05) is 5.32 Å². The maximum Gasteiger partial charge on any atom is 0.238 e. The van der Waals surface area contributed by atoms with E-state index in [1.807, 2.05) is 0 Å². The molecule has 1 amide bonds. The molecular formula is C18H10BrClN2O3. The third-order valence-corrected chi connectivity index (χ3v) is 4.21. The zero-order valence-corrected chi connectivity index (χ0v) is 15.0. The van der Waals surface area contributed by atoms with E-state index in [-0.39, 0.29) is 17.9 Å². The minimum absolute atomic E-state index is 0.00159. The Kier molecular flexibility index (Phi) is 4.88. The first-order valence-electron chi connectivity index (χ1n) is 7.18. The lowest BCUT2D eigenvalue weighted by Gasteiger charge is -2.04. The number of nitrogens with zero attached hydrogens (tertiary/aromatic N) is 1. The van der Waals surface area contributed by atoms with Crippen molar-refractivity contribution in [3.63, 3.8) is 0 Å². The highest BCUT2D eigenvalue weighted by atomic mass is 79.9. The quantitative estimate of drug-likeness (QED) is 0.610. The highest BCUT2D eigenvalue weighted by Gasteiger charge is 2.23. The second kappa shape index (κ2) is 7.09. The molecule has 0 radical (unpaired) electrons. The van der Waals surface area contributed by atoms with Gasteiger partial charge in [0.05, 0.1) is 11.8 Å². The minimum atomic E-state index is -0.518. The molecular weight excluding hydrogens is 408 g/mol. The number of fused-ring (bicyclic) bond motifs is 1. The van der Waals surface area contributed by atoms with Crippen LogP contribution in [0.15, 0.2) is 51.4 Å². The van der Waals surface area contributed by atoms with Gasteiger partial charge in [0.1, 0.15) is 12.0 Å². The van der Waals surface area contributed by atoms with E-state index in [0.717, 1.165) is 4.47 Å². The monoisotopic (exact) mass is 416 g/mol. The summed E-state index contributed by atoms with van der Waals surface area (Å²) in [5.41, 5.74) is 1.07. The first-order chi connectivity index (χ1) is 12.0. The maximum absolute atomic E-state index is 12.8. The first kappa shape index (κ1) is 17.2. The number of hydrogen-bond acceptors (Lipinski definition) is 4. The zero-order chi connectivity index (χ0) is 18.0. The molecule has 25 heavy (non-hydrogen) atoms. The van der Waals surface area contributed by atoms with Crippen LogP contribution in [0.3, 0.4) is 0 Å². The standard InChI is InChI=1S/C18H10BrClN2O3/c19-11-3-6-14-13(9-11)16(22-15(23)7-8-21)18(25-14)17(24)10-1-4-12(20)5-2-10/h1-6,9H,7H2,(H,22,23). The fourth-order valence-electron chi connectivity index (χ4n) is 2.34. The van der Waals surface area contributed by atoms with E-state index in [1.54, 1.807) is 48.5 Å². The molecule has 0 aliphatic rings. The molecule has 0 atom stereocenters. The maximum atomic E-state index is 12.8. The fourth-order valence-corrected chi connectivity index (χ4v) is 2.83. The van der Waals surface area contributed by atoms with Crippen LogP contribution in [0.25, 0.3) is 11.0 Å². The van der Waals surface area contributed by atoms with Crippen LogP contribution in [0, 0.1) is 11.3 Å². The Balaban J connectivity index is 2.12. The third-order valence-electron chi connectivity index (χ3n) is 3.47. The number of carbonyl (C=O) groups is 2. The van der Waals surface area contributed by atoms with Gasteiger partial charge in [0.15, 0.2) is 5.76 Å². The molecule has 5 nitrogen and oxygen atoms in total. The lowest BCUT2D eigenvalue weighted by molar-refractivity contribution is -0.115. The number of hydrogen-bond donors (Lipinski definition) is 1. The van der Waals surface area contributed by atoms with Gasteiger partial charge in [0, 0.05) is 20.4 Å². The van der Waals surface area contributed by atoms with Crippen LogP contribution in [0.1, 0.15) is 22.5 Å². The Hall–Kier alpha value is -2.62. The van der Waals surface area contributed by atoms with E-state index in [0.29, 0.717) is 21.6 Å². The number of furan rings is 1. The number of ketones is 1. The van der Waals surface area contributed by atoms with Gasteiger partial charge in [-0.3, -0.25) is 9.59 Å². The van der Waals surface area contributed by atoms with Crippen LogP contribution < -0.4 is 5.32 Å². The largest absolute Gasteiger partial charge is 0.450 e.